The first-order valence-corrected chi connectivity index (χ1v) is 7.66. The number of nitrogens with one attached hydrogen (secondary N) is 1. The summed E-state index contributed by atoms with van der Waals surface area (Å²) in [5, 5.41) is 3.48. The number of esters is 1. The van der Waals surface area contributed by atoms with Gasteiger partial charge >= 0.3 is 5.97 Å². The lowest BCUT2D eigenvalue weighted by molar-refractivity contribution is -0.141. The molecule has 2 aromatic rings. The Bertz CT molecular complexity index is 554. The van der Waals surface area contributed by atoms with Crippen LogP contribution in [0.4, 0.5) is 0 Å². The molecular formula is C19H23NO2. The molecule has 0 heterocycles. The lowest BCUT2D eigenvalue weighted by atomic mass is 10.0. The zero-order chi connectivity index (χ0) is 15.6. The highest BCUT2D eigenvalue weighted by Gasteiger charge is 2.14. The lowest BCUT2D eigenvalue weighted by Gasteiger charge is -2.18. The summed E-state index contributed by atoms with van der Waals surface area (Å²) in [7, 11) is 1.44. The Morgan fingerprint density at radius 2 is 1.59 bits per heavy atom. The first-order valence-electron chi connectivity index (χ1n) is 7.66. The molecule has 3 nitrogen and oxygen atoms in total. The Morgan fingerprint density at radius 1 is 1.00 bits per heavy atom. The molecular weight excluding hydrogens is 274 g/mol. The van der Waals surface area contributed by atoms with Gasteiger partial charge in [-0.1, -0.05) is 60.7 Å². The molecule has 0 radical (unpaired) electrons. The second kappa shape index (κ2) is 9.00. The number of methoxy groups -OCH3 is 1. The first kappa shape index (κ1) is 16.2. The van der Waals surface area contributed by atoms with E-state index in [1.807, 2.05) is 36.4 Å². The van der Waals surface area contributed by atoms with Crippen molar-refractivity contribution in [3.8, 4) is 0 Å². The summed E-state index contributed by atoms with van der Waals surface area (Å²) in [6.45, 7) is 0.846. The monoisotopic (exact) mass is 297 g/mol. The minimum absolute atomic E-state index is 0.0959. The third-order valence-electron chi connectivity index (χ3n) is 3.66. The zero-order valence-corrected chi connectivity index (χ0v) is 13.0. The molecule has 116 valence electrons. The maximum atomic E-state index is 11.6. The van der Waals surface area contributed by atoms with Gasteiger partial charge in [-0.2, -0.15) is 0 Å². The molecule has 0 bridgehead atoms. The Hall–Kier alpha value is -2.13. The van der Waals surface area contributed by atoms with Crippen LogP contribution in [0.5, 0.6) is 0 Å². The van der Waals surface area contributed by atoms with Gasteiger partial charge in [-0.15, -0.1) is 0 Å². The second-order valence-electron chi connectivity index (χ2n) is 5.36. The van der Waals surface area contributed by atoms with Crippen LogP contribution in [0.15, 0.2) is 60.7 Å². The standard InChI is InChI=1S/C19H23NO2/c1-22-19(21)15-18(14-17-10-6-3-7-11-17)20-13-12-16-8-4-2-5-9-16/h2-11,18,20H,12-15H2,1H3. The quantitative estimate of drug-likeness (QED) is 0.761. The van der Waals surface area contributed by atoms with Crippen molar-refractivity contribution in [1.82, 2.24) is 5.32 Å². The van der Waals surface area contributed by atoms with Gasteiger partial charge in [0.25, 0.3) is 0 Å². The third-order valence-corrected chi connectivity index (χ3v) is 3.66. The van der Waals surface area contributed by atoms with Crippen LogP contribution in [0.25, 0.3) is 0 Å². The number of rotatable bonds is 8. The molecule has 2 rings (SSSR count). The van der Waals surface area contributed by atoms with Crippen molar-refractivity contribution >= 4 is 5.97 Å². The Balaban J connectivity index is 1.88. The van der Waals surface area contributed by atoms with Crippen LogP contribution in [0, 0.1) is 0 Å². The van der Waals surface area contributed by atoms with Crippen molar-refractivity contribution in [2.75, 3.05) is 13.7 Å². The van der Waals surface area contributed by atoms with E-state index >= 15 is 0 Å². The molecule has 2 aromatic carbocycles. The zero-order valence-electron chi connectivity index (χ0n) is 13.0. The summed E-state index contributed by atoms with van der Waals surface area (Å²) in [5.41, 5.74) is 2.52. The van der Waals surface area contributed by atoms with E-state index in [1.165, 1.54) is 18.2 Å². The van der Waals surface area contributed by atoms with Crippen LogP contribution in [-0.4, -0.2) is 25.7 Å². The predicted molar refractivity (Wildman–Crippen MR) is 88.7 cm³/mol. The molecule has 0 saturated heterocycles. The minimum atomic E-state index is -0.173. The molecule has 0 amide bonds. The van der Waals surface area contributed by atoms with Crippen LogP contribution in [0.3, 0.4) is 0 Å². The third kappa shape index (κ3) is 5.70. The molecule has 1 N–H and O–H groups in total. The Kier molecular flexibility index (Phi) is 6.65. The van der Waals surface area contributed by atoms with E-state index in [0.29, 0.717) is 6.42 Å². The molecule has 0 spiro atoms. The van der Waals surface area contributed by atoms with E-state index in [2.05, 4.69) is 29.6 Å². The summed E-state index contributed by atoms with van der Waals surface area (Å²) in [6.07, 6.45) is 2.16. The van der Waals surface area contributed by atoms with Crippen molar-refractivity contribution in [3.05, 3.63) is 71.8 Å². The highest BCUT2D eigenvalue weighted by atomic mass is 16.5. The van der Waals surface area contributed by atoms with Crippen LogP contribution < -0.4 is 5.32 Å². The van der Waals surface area contributed by atoms with Crippen LogP contribution >= 0.6 is 0 Å². The Labute approximate surface area is 132 Å². The molecule has 0 saturated carbocycles. The maximum absolute atomic E-state index is 11.6. The number of benzene rings is 2. The van der Waals surface area contributed by atoms with Gasteiger partial charge in [0.05, 0.1) is 13.5 Å². The first-order chi connectivity index (χ1) is 10.8. The van der Waals surface area contributed by atoms with Gasteiger partial charge < -0.3 is 10.1 Å². The SMILES string of the molecule is COC(=O)CC(Cc1ccccc1)NCCc1ccccc1. The van der Waals surface area contributed by atoms with E-state index in [1.54, 1.807) is 0 Å². The number of ether oxygens (including phenoxy) is 1. The fraction of sp³-hybridized carbons (Fsp3) is 0.316. The summed E-state index contributed by atoms with van der Waals surface area (Å²) >= 11 is 0. The fourth-order valence-corrected chi connectivity index (χ4v) is 2.46. The van der Waals surface area contributed by atoms with Gasteiger partial charge in [0.1, 0.15) is 0 Å². The van der Waals surface area contributed by atoms with Gasteiger partial charge in [-0.3, -0.25) is 4.79 Å². The summed E-state index contributed by atoms with van der Waals surface area (Å²) in [4.78, 5) is 11.6. The second-order valence-corrected chi connectivity index (χ2v) is 5.36. The maximum Gasteiger partial charge on any atom is 0.307 e. The number of hydrogen-bond acceptors (Lipinski definition) is 3. The Morgan fingerprint density at radius 3 is 2.18 bits per heavy atom. The molecule has 3 heteroatoms. The number of hydrogen-bond donors (Lipinski definition) is 1. The van der Waals surface area contributed by atoms with Crippen molar-refractivity contribution < 1.29 is 9.53 Å². The minimum Gasteiger partial charge on any atom is -0.469 e. The highest BCUT2D eigenvalue weighted by molar-refractivity contribution is 5.70. The summed E-state index contributed by atoms with van der Waals surface area (Å²) in [6, 6.07) is 20.7. The van der Waals surface area contributed by atoms with Gasteiger partial charge in [0, 0.05) is 6.04 Å². The van der Waals surface area contributed by atoms with Crippen LogP contribution in [-0.2, 0) is 22.4 Å². The van der Waals surface area contributed by atoms with Crippen molar-refractivity contribution in [2.24, 2.45) is 0 Å². The molecule has 0 aliphatic heterocycles. The number of carbonyl (C=O) groups is 1. The molecule has 0 aliphatic rings. The van der Waals surface area contributed by atoms with E-state index in [-0.39, 0.29) is 12.0 Å². The average molecular weight is 297 g/mol. The molecule has 0 aromatic heterocycles. The van der Waals surface area contributed by atoms with E-state index in [9.17, 15) is 4.79 Å². The molecule has 1 atom stereocenters. The average Bonchev–Trinajstić information content (AvgIpc) is 2.56. The van der Waals surface area contributed by atoms with Gasteiger partial charge in [-0.05, 0) is 30.5 Å². The highest BCUT2D eigenvalue weighted by Crippen LogP contribution is 2.07. The van der Waals surface area contributed by atoms with Crippen molar-refractivity contribution in [2.45, 2.75) is 25.3 Å². The van der Waals surface area contributed by atoms with E-state index in [0.717, 1.165) is 19.4 Å². The summed E-state index contributed by atoms with van der Waals surface area (Å²) < 4.78 is 4.80. The normalized spacial score (nSPS) is 11.9. The predicted octanol–water partition coefficient (Wildman–Crippen LogP) is 2.99. The summed E-state index contributed by atoms with van der Waals surface area (Å²) in [5.74, 6) is -0.173. The number of carbonyl (C=O) groups excluding carboxylic acids is 1. The molecule has 0 aliphatic carbocycles. The van der Waals surface area contributed by atoms with Crippen molar-refractivity contribution in [1.29, 1.82) is 0 Å². The fourth-order valence-electron chi connectivity index (χ4n) is 2.46. The van der Waals surface area contributed by atoms with Crippen LogP contribution in [0.1, 0.15) is 17.5 Å². The molecule has 1 unspecified atom stereocenters. The van der Waals surface area contributed by atoms with Crippen molar-refractivity contribution in [3.63, 3.8) is 0 Å². The van der Waals surface area contributed by atoms with E-state index < -0.39 is 0 Å². The smallest absolute Gasteiger partial charge is 0.307 e. The van der Waals surface area contributed by atoms with Gasteiger partial charge in [0.15, 0.2) is 0 Å². The van der Waals surface area contributed by atoms with Gasteiger partial charge in [-0.25, -0.2) is 0 Å². The van der Waals surface area contributed by atoms with Gasteiger partial charge in [0.2, 0.25) is 0 Å². The van der Waals surface area contributed by atoms with Crippen LogP contribution in [0.2, 0.25) is 0 Å². The van der Waals surface area contributed by atoms with E-state index in [4.69, 9.17) is 4.74 Å². The molecule has 0 fully saturated rings. The topological polar surface area (TPSA) is 38.3 Å². The lowest BCUT2D eigenvalue weighted by Crippen LogP contribution is -2.35. The molecule has 22 heavy (non-hydrogen) atoms. The largest absolute Gasteiger partial charge is 0.469 e.